The number of nitrogens with zero attached hydrogens (tertiary/aromatic N) is 2. The summed E-state index contributed by atoms with van der Waals surface area (Å²) in [6.45, 7) is 2.43. The van der Waals surface area contributed by atoms with E-state index in [9.17, 15) is 9.59 Å². The van der Waals surface area contributed by atoms with E-state index in [1.54, 1.807) is 7.11 Å². The van der Waals surface area contributed by atoms with Crippen LogP contribution in [0.25, 0.3) is 43.6 Å². The number of fused-ring (bicyclic) bond motifs is 13. The minimum absolute atomic E-state index is 0.0104. The lowest BCUT2D eigenvalue weighted by Crippen LogP contribution is -2.54. The Morgan fingerprint density at radius 3 is 2.47 bits per heavy atom. The van der Waals surface area contributed by atoms with Gasteiger partial charge in [-0.05, 0) is 24.6 Å². The molecular weight excluding hydrogens is 430 g/mol. The topological polar surface area (TPSA) is 74.5 Å². The average Bonchev–Trinajstić information content (AvgIpc) is 3.46. The van der Waals surface area contributed by atoms with Crippen molar-refractivity contribution in [2.45, 2.75) is 37.9 Å². The normalized spacial score (nSPS) is 25.6. The first-order chi connectivity index (χ1) is 16.5. The minimum atomic E-state index is -1.05. The Labute approximate surface area is 193 Å². The van der Waals surface area contributed by atoms with Crippen molar-refractivity contribution >= 4 is 55.3 Å². The van der Waals surface area contributed by atoms with E-state index in [-0.39, 0.29) is 18.1 Å². The Hall–Kier alpha value is -3.68. The van der Waals surface area contributed by atoms with Gasteiger partial charge in [-0.3, -0.25) is 9.59 Å². The van der Waals surface area contributed by atoms with E-state index in [4.69, 9.17) is 9.47 Å². The summed E-state index contributed by atoms with van der Waals surface area (Å²) >= 11 is 0. The number of benzene rings is 3. The van der Waals surface area contributed by atoms with E-state index >= 15 is 0 Å². The van der Waals surface area contributed by atoms with E-state index in [1.165, 1.54) is 0 Å². The number of carbonyl (C=O) groups is 2. The molecule has 2 bridgehead atoms. The molecular formula is C27H21N3O4. The third kappa shape index (κ3) is 1.87. The third-order valence-corrected chi connectivity index (χ3v) is 8.01. The van der Waals surface area contributed by atoms with Gasteiger partial charge in [0.1, 0.15) is 6.23 Å². The summed E-state index contributed by atoms with van der Waals surface area (Å²) in [6, 6.07) is 16.3. The van der Waals surface area contributed by atoms with Crippen LogP contribution in [-0.4, -0.2) is 34.0 Å². The number of ketones is 1. The van der Waals surface area contributed by atoms with Crippen LogP contribution in [0.2, 0.25) is 0 Å². The molecule has 0 radical (unpaired) electrons. The summed E-state index contributed by atoms with van der Waals surface area (Å²) in [4.78, 5) is 26.7. The minimum Gasteiger partial charge on any atom is -0.369 e. The van der Waals surface area contributed by atoms with Gasteiger partial charge in [0.05, 0.1) is 34.1 Å². The van der Waals surface area contributed by atoms with Gasteiger partial charge in [0, 0.05) is 35.2 Å². The Kier molecular flexibility index (Phi) is 3.23. The summed E-state index contributed by atoms with van der Waals surface area (Å²) in [5, 5.41) is 7.08. The number of amides is 1. The molecule has 3 atom stereocenters. The van der Waals surface area contributed by atoms with Crippen molar-refractivity contribution in [1.29, 1.82) is 0 Å². The zero-order valence-electron chi connectivity index (χ0n) is 18.7. The number of nitrogens with one attached hydrogen (secondary N) is 1. The second kappa shape index (κ2) is 5.87. The fourth-order valence-corrected chi connectivity index (χ4v) is 6.86. The van der Waals surface area contributed by atoms with Crippen molar-refractivity contribution in [3.8, 4) is 0 Å². The van der Waals surface area contributed by atoms with Gasteiger partial charge in [0.2, 0.25) is 0 Å². The molecule has 1 N–H and O–H groups in total. The molecule has 5 heterocycles. The number of rotatable bonds is 1. The van der Waals surface area contributed by atoms with Gasteiger partial charge in [-0.1, -0.05) is 36.4 Å². The molecule has 1 saturated heterocycles. The molecule has 0 aliphatic carbocycles. The summed E-state index contributed by atoms with van der Waals surface area (Å²) in [7, 11) is 1.57. The lowest BCUT2D eigenvalue weighted by molar-refractivity contribution is -0.235. The predicted molar refractivity (Wildman–Crippen MR) is 128 cm³/mol. The fourth-order valence-electron chi connectivity index (χ4n) is 6.86. The molecule has 168 valence electrons. The van der Waals surface area contributed by atoms with E-state index < -0.39 is 18.1 Å². The lowest BCUT2D eigenvalue weighted by atomic mass is 9.96. The van der Waals surface area contributed by atoms with Crippen molar-refractivity contribution < 1.29 is 19.1 Å². The van der Waals surface area contributed by atoms with Crippen LogP contribution in [0.3, 0.4) is 0 Å². The molecule has 0 saturated carbocycles. The molecule has 2 aromatic heterocycles. The molecule has 34 heavy (non-hydrogen) atoms. The van der Waals surface area contributed by atoms with Crippen LogP contribution in [0.4, 0.5) is 0 Å². The SMILES string of the molecule is CO[C@H]1C(=O)C[C@H]2O[C@]1(C)n1c3ccccc3c3c4c(c5c6ccccc6n2c5c31)C(=O)NC4. The van der Waals surface area contributed by atoms with Crippen LogP contribution >= 0.6 is 0 Å². The van der Waals surface area contributed by atoms with Crippen molar-refractivity contribution in [3.05, 3.63) is 59.7 Å². The molecule has 3 aliphatic heterocycles. The highest BCUT2D eigenvalue weighted by Gasteiger charge is 2.53. The Morgan fingerprint density at radius 1 is 1.00 bits per heavy atom. The van der Waals surface area contributed by atoms with E-state index in [2.05, 4.69) is 32.7 Å². The molecule has 8 rings (SSSR count). The van der Waals surface area contributed by atoms with Crippen molar-refractivity contribution in [1.82, 2.24) is 14.5 Å². The van der Waals surface area contributed by atoms with Crippen molar-refractivity contribution in [2.24, 2.45) is 0 Å². The average molecular weight is 451 g/mol. The number of Topliss-reactive ketones (excluding diaryl/α,β-unsaturated/α-hetero) is 1. The number of hydrogen-bond donors (Lipinski definition) is 1. The molecule has 0 unspecified atom stereocenters. The first-order valence-electron chi connectivity index (χ1n) is 11.6. The van der Waals surface area contributed by atoms with E-state index in [0.717, 1.165) is 54.7 Å². The number of methoxy groups -OCH3 is 1. The molecule has 0 spiro atoms. The van der Waals surface area contributed by atoms with Crippen LogP contribution in [0.5, 0.6) is 0 Å². The van der Waals surface area contributed by atoms with E-state index in [0.29, 0.717) is 6.54 Å². The highest BCUT2D eigenvalue weighted by Crippen LogP contribution is 2.53. The van der Waals surface area contributed by atoms with Gasteiger partial charge < -0.3 is 23.9 Å². The Bertz CT molecular complexity index is 1780. The van der Waals surface area contributed by atoms with Crippen molar-refractivity contribution in [3.63, 3.8) is 0 Å². The highest BCUT2D eigenvalue weighted by molar-refractivity contribution is 6.31. The zero-order chi connectivity index (χ0) is 22.9. The molecule has 5 aromatic rings. The van der Waals surface area contributed by atoms with E-state index in [1.807, 2.05) is 37.3 Å². The predicted octanol–water partition coefficient (Wildman–Crippen LogP) is 4.34. The van der Waals surface area contributed by atoms with Crippen LogP contribution in [-0.2, 0) is 26.5 Å². The van der Waals surface area contributed by atoms with Gasteiger partial charge >= 0.3 is 0 Å². The van der Waals surface area contributed by atoms with Crippen LogP contribution in [0.15, 0.2) is 48.5 Å². The number of aromatic nitrogens is 2. The largest absolute Gasteiger partial charge is 0.369 e. The molecule has 3 aromatic carbocycles. The molecule has 1 fully saturated rings. The highest BCUT2D eigenvalue weighted by atomic mass is 16.6. The molecule has 7 heteroatoms. The van der Waals surface area contributed by atoms with Crippen LogP contribution in [0, 0.1) is 0 Å². The standard InChI is InChI=1S/C27H21N3O4/c1-27-25(33-2)18(31)11-19(34-27)29-16-9-5-3-7-13(16)21-22-15(12-28-26(22)32)20-14-8-4-6-10-17(14)30(27)24(20)23(21)29/h3-10,19,25H,11-12H2,1-2H3,(H,28,32)/t19-,25+,27+/m1/s1. The summed E-state index contributed by atoms with van der Waals surface area (Å²) in [5.74, 6) is -0.0435. The van der Waals surface area contributed by atoms with Gasteiger partial charge in [-0.25, -0.2) is 0 Å². The second-order valence-corrected chi connectivity index (χ2v) is 9.64. The first-order valence-corrected chi connectivity index (χ1v) is 11.6. The summed E-state index contributed by atoms with van der Waals surface area (Å²) in [6.07, 6.45) is -1.05. The monoisotopic (exact) mass is 451 g/mol. The number of ether oxygens (including phenoxy) is 2. The van der Waals surface area contributed by atoms with Crippen LogP contribution in [0.1, 0.15) is 35.5 Å². The Balaban J connectivity index is 1.76. The molecule has 7 nitrogen and oxygen atoms in total. The third-order valence-electron chi connectivity index (χ3n) is 8.01. The maximum absolute atomic E-state index is 13.5. The first kappa shape index (κ1) is 18.7. The lowest BCUT2D eigenvalue weighted by Gasteiger charge is -2.43. The Morgan fingerprint density at radius 2 is 1.71 bits per heavy atom. The van der Waals surface area contributed by atoms with Gasteiger partial charge in [-0.15, -0.1) is 0 Å². The second-order valence-electron chi connectivity index (χ2n) is 9.64. The number of carbonyl (C=O) groups excluding carboxylic acids is 2. The molecule has 1 amide bonds. The maximum Gasteiger partial charge on any atom is 0.252 e. The zero-order valence-corrected chi connectivity index (χ0v) is 18.7. The number of hydrogen-bond acceptors (Lipinski definition) is 4. The van der Waals surface area contributed by atoms with Crippen molar-refractivity contribution in [2.75, 3.05) is 7.11 Å². The number of para-hydroxylation sites is 2. The fraction of sp³-hybridized carbons (Fsp3) is 0.259. The smallest absolute Gasteiger partial charge is 0.252 e. The quantitative estimate of drug-likeness (QED) is 0.412. The van der Waals surface area contributed by atoms with Gasteiger partial charge in [0.15, 0.2) is 17.6 Å². The van der Waals surface area contributed by atoms with Crippen LogP contribution < -0.4 is 5.32 Å². The maximum atomic E-state index is 13.5. The summed E-state index contributed by atoms with van der Waals surface area (Å²) in [5.41, 5.74) is 4.55. The molecule has 3 aliphatic rings. The van der Waals surface area contributed by atoms with Gasteiger partial charge in [0.25, 0.3) is 5.91 Å². The summed E-state index contributed by atoms with van der Waals surface area (Å²) < 4.78 is 16.9. The van der Waals surface area contributed by atoms with Gasteiger partial charge in [-0.2, -0.15) is 0 Å².